The molecule has 0 aliphatic carbocycles. The lowest BCUT2D eigenvalue weighted by Gasteiger charge is -2.13. The molecule has 0 amide bonds. The van der Waals surface area contributed by atoms with Crippen molar-refractivity contribution < 1.29 is 9.90 Å². The summed E-state index contributed by atoms with van der Waals surface area (Å²) >= 11 is 0. The minimum Gasteiger partial charge on any atom is -0.480 e. The van der Waals surface area contributed by atoms with Crippen molar-refractivity contribution in [2.45, 2.75) is 64.3 Å². The second-order valence-electron chi connectivity index (χ2n) is 4.55. The molecule has 1 atom stereocenters. The average molecular weight is 227 g/mol. The van der Waals surface area contributed by atoms with Crippen LogP contribution >= 0.6 is 0 Å². The highest BCUT2D eigenvalue weighted by molar-refractivity contribution is 5.80. The molecule has 0 aliphatic heterocycles. The van der Waals surface area contributed by atoms with Crippen molar-refractivity contribution in [1.29, 1.82) is 0 Å². The molecule has 3 N–H and O–H groups in total. The summed E-state index contributed by atoms with van der Waals surface area (Å²) in [6.45, 7) is 3.71. The fourth-order valence-electron chi connectivity index (χ4n) is 1.44. The summed E-state index contributed by atoms with van der Waals surface area (Å²) < 4.78 is 0. The van der Waals surface area contributed by atoms with Gasteiger partial charge in [-0.25, -0.2) is 4.79 Å². The molecule has 3 nitrogen and oxygen atoms in total. The van der Waals surface area contributed by atoms with Crippen LogP contribution in [0, 0.1) is 0 Å². The van der Waals surface area contributed by atoms with E-state index in [1.807, 2.05) is 6.08 Å². The molecule has 0 spiro atoms. The van der Waals surface area contributed by atoms with Gasteiger partial charge < -0.3 is 10.8 Å². The summed E-state index contributed by atoms with van der Waals surface area (Å²) in [6.07, 6.45) is 11.9. The fourth-order valence-corrected chi connectivity index (χ4v) is 1.44. The summed E-state index contributed by atoms with van der Waals surface area (Å²) in [5.41, 5.74) is 4.33. The highest BCUT2D eigenvalue weighted by Gasteiger charge is 2.23. The molecular weight excluding hydrogens is 202 g/mol. The average Bonchev–Trinajstić information content (AvgIpc) is 2.21. The molecule has 0 unspecified atom stereocenters. The largest absolute Gasteiger partial charge is 0.480 e. The molecule has 0 fully saturated rings. The summed E-state index contributed by atoms with van der Waals surface area (Å²) in [5.74, 6) is -0.980. The van der Waals surface area contributed by atoms with E-state index in [0.29, 0.717) is 0 Å². The predicted octanol–water partition coefficient (Wildman–Crippen LogP) is 3.10. The van der Waals surface area contributed by atoms with Crippen LogP contribution in [0.3, 0.4) is 0 Å². The van der Waals surface area contributed by atoms with Gasteiger partial charge in [0.05, 0.1) is 0 Å². The van der Waals surface area contributed by atoms with Crippen molar-refractivity contribution in [1.82, 2.24) is 0 Å². The Hall–Kier alpha value is -0.830. The van der Waals surface area contributed by atoms with Gasteiger partial charge in [-0.05, 0) is 19.8 Å². The zero-order valence-corrected chi connectivity index (χ0v) is 10.5. The number of unbranched alkanes of at least 4 members (excludes halogenated alkanes) is 6. The van der Waals surface area contributed by atoms with E-state index in [0.717, 1.165) is 12.8 Å². The number of carboxylic acid groups (broad SMARTS) is 1. The van der Waals surface area contributed by atoms with Gasteiger partial charge in [-0.15, -0.1) is 0 Å². The van der Waals surface area contributed by atoms with Crippen molar-refractivity contribution in [3.63, 3.8) is 0 Å². The lowest BCUT2D eigenvalue weighted by atomic mass is 10.0. The van der Waals surface area contributed by atoms with Crippen LogP contribution in [0.15, 0.2) is 12.2 Å². The lowest BCUT2D eigenvalue weighted by molar-refractivity contribution is -0.140. The maximum absolute atomic E-state index is 10.7. The summed E-state index contributed by atoms with van der Waals surface area (Å²) in [5, 5.41) is 8.76. The zero-order valence-electron chi connectivity index (χ0n) is 10.5. The van der Waals surface area contributed by atoms with Crippen molar-refractivity contribution in [2.24, 2.45) is 5.73 Å². The Morgan fingerprint density at radius 1 is 1.25 bits per heavy atom. The number of aliphatic carboxylic acids is 1. The molecule has 0 aromatic carbocycles. The quantitative estimate of drug-likeness (QED) is 0.470. The summed E-state index contributed by atoms with van der Waals surface area (Å²) in [7, 11) is 0. The Labute approximate surface area is 98.7 Å². The lowest BCUT2D eigenvalue weighted by Crippen LogP contribution is -2.42. The van der Waals surface area contributed by atoms with Gasteiger partial charge in [0.15, 0.2) is 0 Å². The first-order valence-electron chi connectivity index (χ1n) is 6.20. The number of hydrogen-bond acceptors (Lipinski definition) is 2. The van der Waals surface area contributed by atoms with E-state index in [1.165, 1.54) is 39.0 Å². The van der Waals surface area contributed by atoms with Gasteiger partial charge in [0.2, 0.25) is 0 Å². The van der Waals surface area contributed by atoms with Gasteiger partial charge in [-0.2, -0.15) is 0 Å². The molecule has 0 rings (SSSR count). The smallest absolute Gasteiger partial charge is 0.327 e. The van der Waals surface area contributed by atoms with Crippen LogP contribution in [-0.2, 0) is 4.79 Å². The van der Waals surface area contributed by atoms with Crippen LogP contribution in [0.2, 0.25) is 0 Å². The molecule has 0 radical (unpaired) electrons. The monoisotopic (exact) mass is 227 g/mol. The normalized spacial score (nSPS) is 15.2. The second kappa shape index (κ2) is 8.34. The van der Waals surface area contributed by atoms with E-state index in [9.17, 15) is 4.79 Å². The van der Waals surface area contributed by atoms with Gasteiger partial charge >= 0.3 is 5.97 Å². The Morgan fingerprint density at radius 2 is 1.81 bits per heavy atom. The minimum absolute atomic E-state index is 0.923. The maximum atomic E-state index is 10.7. The van der Waals surface area contributed by atoms with Gasteiger partial charge in [-0.3, -0.25) is 0 Å². The molecule has 0 aliphatic rings. The van der Waals surface area contributed by atoms with Crippen molar-refractivity contribution in [3.05, 3.63) is 12.2 Å². The molecule has 0 saturated carbocycles. The molecule has 0 heterocycles. The van der Waals surface area contributed by atoms with Crippen molar-refractivity contribution >= 4 is 5.97 Å². The number of nitrogens with two attached hydrogens (primary N) is 1. The first kappa shape index (κ1) is 15.2. The second-order valence-corrected chi connectivity index (χ2v) is 4.55. The van der Waals surface area contributed by atoms with Crippen LogP contribution in [-0.4, -0.2) is 16.6 Å². The van der Waals surface area contributed by atoms with Crippen LogP contribution in [0.4, 0.5) is 0 Å². The number of carboxylic acids is 1. The predicted molar refractivity (Wildman–Crippen MR) is 67.4 cm³/mol. The van der Waals surface area contributed by atoms with Crippen LogP contribution in [0.1, 0.15) is 58.8 Å². The van der Waals surface area contributed by atoms with E-state index >= 15 is 0 Å². The van der Waals surface area contributed by atoms with Crippen molar-refractivity contribution in [2.75, 3.05) is 0 Å². The maximum Gasteiger partial charge on any atom is 0.327 e. The third-order valence-corrected chi connectivity index (χ3v) is 2.65. The van der Waals surface area contributed by atoms with Gasteiger partial charge in [0.25, 0.3) is 0 Å². The van der Waals surface area contributed by atoms with E-state index in [2.05, 4.69) is 6.92 Å². The van der Waals surface area contributed by atoms with Gasteiger partial charge in [0, 0.05) is 0 Å². The first-order valence-corrected chi connectivity index (χ1v) is 6.20. The molecule has 0 bridgehead atoms. The van der Waals surface area contributed by atoms with E-state index in [1.54, 1.807) is 6.08 Å². The highest BCUT2D eigenvalue weighted by atomic mass is 16.4. The zero-order chi connectivity index (χ0) is 12.4. The Morgan fingerprint density at radius 3 is 2.38 bits per heavy atom. The molecule has 0 aromatic rings. The standard InChI is InChI=1S/C13H25NO2/c1-3-4-5-6-7-8-9-10-11-13(2,14)12(15)16/h10-11H,3-9,14H2,1-2H3,(H,15,16)/b11-10+/t13-/m1/s1. The van der Waals surface area contributed by atoms with Gasteiger partial charge in [-0.1, -0.05) is 51.2 Å². The first-order chi connectivity index (χ1) is 7.50. The number of hydrogen-bond donors (Lipinski definition) is 2. The van der Waals surface area contributed by atoms with Crippen LogP contribution < -0.4 is 5.73 Å². The Kier molecular flexibility index (Phi) is 7.90. The van der Waals surface area contributed by atoms with Crippen LogP contribution in [0.5, 0.6) is 0 Å². The van der Waals surface area contributed by atoms with E-state index in [4.69, 9.17) is 10.8 Å². The Bertz CT molecular complexity index is 222. The minimum atomic E-state index is -1.22. The number of allylic oxidation sites excluding steroid dienone is 1. The molecule has 0 aromatic heterocycles. The summed E-state index contributed by atoms with van der Waals surface area (Å²) in [6, 6.07) is 0. The molecule has 3 heteroatoms. The third-order valence-electron chi connectivity index (χ3n) is 2.65. The fraction of sp³-hybridized carbons (Fsp3) is 0.769. The highest BCUT2D eigenvalue weighted by Crippen LogP contribution is 2.08. The third kappa shape index (κ3) is 7.46. The topological polar surface area (TPSA) is 63.3 Å². The number of carbonyl (C=O) groups is 1. The molecule has 0 saturated heterocycles. The van der Waals surface area contributed by atoms with E-state index < -0.39 is 11.5 Å². The Balaban J connectivity index is 3.51. The van der Waals surface area contributed by atoms with E-state index in [-0.39, 0.29) is 0 Å². The van der Waals surface area contributed by atoms with Crippen LogP contribution in [0.25, 0.3) is 0 Å². The molecular formula is C13H25NO2. The molecule has 16 heavy (non-hydrogen) atoms. The van der Waals surface area contributed by atoms with Gasteiger partial charge in [0.1, 0.15) is 5.54 Å². The van der Waals surface area contributed by atoms with Crippen molar-refractivity contribution in [3.8, 4) is 0 Å². The molecule has 94 valence electrons. The SMILES string of the molecule is CCCCCCCC/C=C/[C@@](C)(N)C(=O)O. The summed E-state index contributed by atoms with van der Waals surface area (Å²) in [4.78, 5) is 10.7. The number of rotatable bonds is 9.